The minimum atomic E-state index is -0.451. The predicted molar refractivity (Wildman–Crippen MR) is 111 cm³/mol. The van der Waals surface area contributed by atoms with Crippen molar-refractivity contribution >= 4 is 29.3 Å². The van der Waals surface area contributed by atoms with Crippen molar-refractivity contribution in [2.75, 3.05) is 42.6 Å². The Hall–Kier alpha value is -3.26. The van der Waals surface area contributed by atoms with E-state index in [9.17, 15) is 14.4 Å². The first-order valence-electron chi connectivity index (χ1n) is 10.1. The van der Waals surface area contributed by atoms with Crippen molar-refractivity contribution in [1.82, 2.24) is 9.88 Å². The van der Waals surface area contributed by atoms with Gasteiger partial charge in [-0.25, -0.2) is 14.7 Å². The average molecular weight is 408 g/mol. The van der Waals surface area contributed by atoms with Gasteiger partial charge in [0.15, 0.2) is 0 Å². The smallest absolute Gasteiger partial charge is 0.338 e. The second kappa shape index (κ2) is 8.62. The molecule has 1 aromatic heterocycles. The molecule has 0 bridgehead atoms. The van der Waals surface area contributed by atoms with Crippen molar-refractivity contribution < 1.29 is 19.1 Å². The molecule has 3 heterocycles. The molecule has 2 aliphatic heterocycles. The van der Waals surface area contributed by atoms with Gasteiger partial charge in [0.05, 0.1) is 30.3 Å². The molecule has 2 aliphatic rings. The van der Waals surface area contributed by atoms with Crippen LogP contribution >= 0.6 is 0 Å². The Morgan fingerprint density at radius 1 is 1.07 bits per heavy atom. The van der Waals surface area contributed by atoms with E-state index in [1.807, 2.05) is 18.2 Å². The summed E-state index contributed by atoms with van der Waals surface area (Å²) in [5.74, 6) is 0.0669. The van der Waals surface area contributed by atoms with E-state index in [2.05, 4.69) is 14.8 Å². The molecule has 1 aromatic carbocycles. The maximum absolute atomic E-state index is 13.0. The largest absolute Gasteiger partial charge is 0.462 e. The van der Waals surface area contributed by atoms with Crippen molar-refractivity contribution in [3.8, 4) is 0 Å². The van der Waals surface area contributed by atoms with Crippen LogP contribution in [0.3, 0.4) is 0 Å². The van der Waals surface area contributed by atoms with E-state index in [-0.39, 0.29) is 18.2 Å². The third kappa shape index (κ3) is 3.91. The fraction of sp³-hybridized carbons (Fsp3) is 0.364. The summed E-state index contributed by atoms with van der Waals surface area (Å²) in [6.45, 7) is 4.92. The molecule has 0 unspecified atom stereocenters. The topological polar surface area (TPSA) is 83.1 Å². The zero-order valence-electron chi connectivity index (χ0n) is 16.9. The molecular formula is C22H24N4O4. The van der Waals surface area contributed by atoms with E-state index in [0.29, 0.717) is 30.9 Å². The van der Waals surface area contributed by atoms with Gasteiger partial charge in [-0.3, -0.25) is 14.5 Å². The van der Waals surface area contributed by atoms with Crippen molar-refractivity contribution in [2.45, 2.75) is 19.4 Å². The molecule has 0 saturated carbocycles. The van der Waals surface area contributed by atoms with Crippen LogP contribution in [0.1, 0.15) is 23.7 Å². The van der Waals surface area contributed by atoms with Gasteiger partial charge in [0.2, 0.25) is 5.91 Å². The number of piperazine rings is 1. The third-order valence-electron chi connectivity index (χ3n) is 5.49. The predicted octanol–water partition coefficient (Wildman–Crippen LogP) is 1.71. The lowest BCUT2D eigenvalue weighted by atomic mass is 10.1. The van der Waals surface area contributed by atoms with Crippen LogP contribution in [-0.2, 0) is 14.3 Å². The molecule has 2 amide bonds. The number of ether oxygens (including phenoxy) is 1. The Bertz CT molecular complexity index is 924. The van der Waals surface area contributed by atoms with Crippen LogP contribution < -0.4 is 9.80 Å². The number of hydrogen-bond acceptors (Lipinski definition) is 7. The zero-order chi connectivity index (χ0) is 21.1. The second-order valence-electron chi connectivity index (χ2n) is 7.27. The number of benzene rings is 1. The molecule has 1 atom stereocenters. The summed E-state index contributed by atoms with van der Waals surface area (Å²) >= 11 is 0. The SMILES string of the molecule is CCOC(=O)c1ccc(N2C(=O)C[C@H](N3CCN(c4ccccn4)CC3)C2=O)cc1. The summed E-state index contributed by atoms with van der Waals surface area (Å²) in [4.78, 5) is 47.3. The number of carbonyl (C=O) groups excluding carboxylic acids is 3. The Morgan fingerprint density at radius 3 is 2.43 bits per heavy atom. The summed E-state index contributed by atoms with van der Waals surface area (Å²) in [5, 5.41) is 0. The molecule has 2 saturated heterocycles. The molecule has 8 heteroatoms. The van der Waals surface area contributed by atoms with Crippen LogP contribution in [-0.4, -0.2) is 66.5 Å². The standard InChI is InChI=1S/C22H24N4O4/c1-2-30-22(29)16-6-8-17(9-7-16)26-20(27)15-18(21(26)28)24-11-13-25(14-12-24)19-5-3-4-10-23-19/h3-10,18H,2,11-15H2,1H3/t18-/m0/s1. The van der Waals surface area contributed by atoms with Crippen LogP contribution in [0.15, 0.2) is 48.7 Å². The molecular weight excluding hydrogens is 384 g/mol. The minimum absolute atomic E-state index is 0.169. The molecule has 8 nitrogen and oxygen atoms in total. The van der Waals surface area contributed by atoms with Crippen LogP contribution in [0, 0.1) is 0 Å². The van der Waals surface area contributed by atoms with Crippen molar-refractivity contribution in [1.29, 1.82) is 0 Å². The molecule has 0 aliphatic carbocycles. The first-order chi connectivity index (χ1) is 14.6. The number of aromatic nitrogens is 1. The van der Waals surface area contributed by atoms with Gasteiger partial charge in [0.25, 0.3) is 5.91 Å². The highest BCUT2D eigenvalue weighted by Gasteiger charge is 2.43. The minimum Gasteiger partial charge on any atom is -0.462 e. The summed E-state index contributed by atoms with van der Waals surface area (Å²) in [6.07, 6.45) is 1.94. The number of amides is 2. The highest BCUT2D eigenvalue weighted by atomic mass is 16.5. The Morgan fingerprint density at radius 2 is 1.80 bits per heavy atom. The first kappa shape index (κ1) is 20.0. The number of hydrogen-bond donors (Lipinski definition) is 0. The van der Waals surface area contributed by atoms with Gasteiger partial charge in [-0.2, -0.15) is 0 Å². The van der Waals surface area contributed by atoms with Gasteiger partial charge >= 0.3 is 5.97 Å². The molecule has 0 N–H and O–H groups in total. The van der Waals surface area contributed by atoms with Crippen molar-refractivity contribution in [3.63, 3.8) is 0 Å². The molecule has 4 rings (SSSR count). The van der Waals surface area contributed by atoms with E-state index in [0.717, 1.165) is 18.9 Å². The van der Waals surface area contributed by atoms with E-state index in [1.54, 1.807) is 37.4 Å². The third-order valence-corrected chi connectivity index (χ3v) is 5.49. The van der Waals surface area contributed by atoms with Crippen molar-refractivity contribution in [2.24, 2.45) is 0 Å². The summed E-state index contributed by atoms with van der Waals surface area (Å²) in [5.41, 5.74) is 0.870. The molecule has 156 valence electrons. The average Bonchev–Trinajstić information content (AvgIpc) is 3.08. The lowest BCUT2D eigenvalue weighted by Crippen LogP contribution is -2.52. The van der Waals surface area contributed by atoms with Gasteiger partial charge in [0, 0.05) is 32.4 Å². The Balaban J connectivity index is 1.41. The lowest BCUT2D eigenvalue weighted by molar-refractivity contribution is -0.123. The highest BCUT2D eigenvalue weighted by Crippen LogP contribution is 2.27. The highest BCUT2D eigenvalue weighted by molar-refractivity contribution is 6.22. The van der Waals surface area contributed by atoms with Crippen LogP contribution in [0.25, 0.3) is 0 Å². The molecule has 0 spiro atoms. The van der Waals surface area contributed by atoms with Gasteiger partial charge in [0.1, 0.15) is 5.82 Å². The lowest BCUT2D eigenvalue weighted by Gasteiger charge is -2.37. The number of esters is 1. The van der Waals surface area contributed by atoms with Crippen LogP contribution in [0.5, 0.6) is 0 Å². The molecule has 2 fully saturated rings. The number of rotatable bonds is 5. The number of pyridine rings is 1. The summed E-state index contributed by atoms with van der Waals surface area (Å²) in [7, 11) is 0. The maximum atomic E-state index is 13.0. The monoisotopic (exact) mass is 408 g/mol. The van der Waals surface area contributed by atoms with E-state index < -0.39 is 12.0 Å². The molecule has 0 radical (unpaired) electrons. The van der Waals surface area contributed by atoms with Crippen molar-refractivity contribution in [3.05, 3.63) is 54.2 Å². The summed E-state index contributed by atoms with van der Waals surface area (Å²) < 4.78 is 4.97. The number of carbonyl (C=O) groups is 3. The Labute approximate surface area is 175 Å². The van der Waals surface area contributed by atoms with E-state index >= 15 is 0 Å². The number of nitrogens with zero attached hydrogens (tertiary/aromatic N) is 4. The van der Waals surface area contributed by atoms with Gasteiger partial charge in [-0.05, 0) is 43.3 Å². The molecule has 30 heavy (non-hydrogen) atoms. The number of anilines is 2. The fourth-order valence-electron chi connectivity index (χ4n) is 3.94. The van der Waals surface area contributed by atoms with E-state index in [4.69, 9.17) is 4.74 Å². The van der Waals surface area contributed by atoms with Gasteiger partial charge < -0.3 is 9.64 Å². The zero-order valence-corrected chi connectivity index (χ0v) is 16.9. The maximum Gasteiger partial charge on any atom is 0.338 e. The summed E-state index contributed by atoms with van der Waals surface area (Å²) in [6, 6.07) is 11.7. The van der Waals surface area contributed by atoms with Crippen LogP contribution in [0.4, 0.5) is 11.5 Å². The quantitative estimate of drug-likeness (QED) is 0.550. The Kier molecular flexibility index (Phi) is 5.76. The normalized spacial score (nSPS) is 20.0. The van der Waals surface area contributed by atoms with Crippen LogP contribution in [0.2, 0.25) is 0 Å². The number of imide groups is 1. The van der Waals surface area contributed by atoms with Gasteiger partial charge in [-0.15, -0.1) is 0 Å². The first-order valence-corrected chi connectivity index (χ1v) is 10.1. The van der Waals surface area contributed by atoms with E-state index in [1.165, 1.54) is 4.90 Å². The van der Waals surface area contributed by atoms with Gasteiger partial charge in [-0.1, -0.05) is 6.07 Å². The molecule has 2 aromatic rings. The second-order valence-corrected chi connectivity index (χ2v) is 7.27. The fourth-order valence-corrected chi connectivity index (χ4v) is 3.94.